The number of piperidine rings is 1. The summed E-state index contributed by atoms with van der Waals surface area (Å²) in [5.41, 5.74) is 0.327. The summed E-state index contributed by atoms with van der Waals surface area (Å²) < 4.78 is 0. The van der Waals surface area contributed by atoms with E-state index in [4.69, 9.17) is 0 Å². The topological polar surface area (TPSA) is 60.8 Å². The number of benzene rings is 1. The van der Waals surface area contributed by atoms with Crippen LogP contribution >= 0.6 is 0 Å². The molecule has 1 heterocycles. The van der Waals surface area contributed by atoms with Crippen LogP contribution in [0.15, 0.2) is 30.3 Å². The number of nitrogens with zero attached hydrogens (tertiary/aromatic N) is 1. The number of carboxylic acid groups (broad SMARTS) is 1. The quantitative estimate of drug-likeness (QED) is 0.843. The van der Waals surface area contributed by atoms with Crippen molar-refractivity contribution < 1.29 is 15.0 Å². The van der Waals surface area contributed by atoms with E-state index in [0.29, 0.717) is 19.4 Å². The highest BCUT2D eigenvalue weighted by Crippen LogP contribution is 2.36. The Balaban J connectivity index is 1.92. The van der Waals surface area contributed by atoms with Crippen LogP contribution in [0, 0.1) is 5.41 Å². The van der Waals surface area contributed by atoms with Crippen LogP contribution in [-0.2, 0) is 11.2 Å². The van der Waals surface area contributed by atoms with E-state index in [1.807, 2.05) is 25.1 Å². The summed E-state index contributed by atoms with van der Waals surface area (Å²) in [6.07, 6.45) is 2.02. The number of hydrogen-bond donors (Lipinski definition) is 2. The first-order valence-corrected chi connectivity index (χ1v) is 7.76. The van der Waals surface area contributed by atoms with Crippen molar-refractivity contribution in [3.63, 3.8) is 0 Å². The number of aliphatic carboxylic acids is 1. The summed E-state index contributed by atoms with van der Waals surface area (Å²) in [7, 11) is 0. The monoisotopic (exact) mass is 291 g/mol. The third-order valence-electron chi connectivity index (χ3n) is 4.62. The Bertz CT molecular complexity index is 462. The average molecular weight is 291 g/mol. The van der Waals surface area contributed by atoms with Crippen molar-refractivity contribution in [2.24, 2.45) is 5.41 Å². The van der Waals surface area contributed by atoms with Gasteiger partial charge in [-0.25, -0.2) is 0 Å². The predicted molar refractivity (Wildman–Crippen MR) is 82.2 cm³/mol. The second kappa shape index (κ2) is 7.05. The number of carboxylic acids is 1. The number of hydrogen-bond acceptors (Lipinski definition) is 3. The number of aliphatic hydroxyl groups excluding tert-OH is 1. The molecular weight excluding hydrogens is 266 g/mol. The third kappa shape index (κ3) is 3.63. The summed E-state index contributed by atoms with van der Waals surface area (Å²) in [4.78, 5) is 13.8. The summed E-state index contributed by atoms with van der Waals surface area (Å²) in [5, 5.41) is 19.9. The average Bonchev–Trinajstić information content (AvgIpc) is 2.48. The number of likely N-dealkylation sites (tertiary alicyclic amines) is 1. The third-order valence-corrected chi connectivity index (χ3v) is 4.62. The van der Waals surface area contributed by atoms with Crippen LogP contribution in [0.2, 0.25) is 0 Å². The molecule has 116 valence electrons. The lowest BCUT2D eigenvalue weighted by atomic mass is 9.73. The van der Waals surface area contributed by atoms with Gasteiger partial charge in [0.15, 0.2) is 0 Å². The first-order valence-electron chi connectivity index (χ1n) is 7.76. The van der Waals surface area contributed by atoms with E-state index < -0.39 is 17.5 Å². The second-order valence-electron chi connectivity index (χ2n) is 6.01. The molecule has 4 heteroatoms. The molecule has 0 aromatic heterocycles. The number of β-amino-alcohol motifs (C(OH)–C–C–N with tert-alkyl or cyclic N) is 1. The maximum absolute atomic E-state index is 11.6. The molecule has 2 N–H and O–H groups in total. The normalized spacial score (nSPS) is 26.7. The SMILES string of the molecule is CCC[C@]1(C(=O)O)CCN(CCc2ccccc2)C[C@@H]1O. The Labute approximate surface area is 126 Å². The Morgan fingerprint density at radius 3 is 2.67 bits per heavy atom. The molecule has 0 unspecified atom stereocenters. The summed E-state index contributed by atoms with van der Waals surface area (Å²) in [6.45, 7) is 4.04. The van der Waals surface area contributed by atoms with Crippen molar-refractivity contribution in [2.45, 2.75) is 38.7 Å². The summed E-state index contributed by atoms with van der Waals surface area (Å²) in [5.74, 6) is -0.848. The molecule has 0 bridgehead atoms. The fourth-order valence-electron chi connectivity index (χ4n) is 3.26. The zero-order valence-electron chi connectivity index (χ0n) is 12.7. The lowest BCUT2D eigenvalue weighted by molar-refractivity contribution is -0.163. The van der Waals surface area contributed by atoms with E-state index in [1.54, 1.807) is 0 Å². The Kier molecular flexibility index (Phi) is 5.37. The first kappa shape index (κ1) is 16.0. The van der Waals surface area contributed by atoms with Gasteiger partial charge in [0.25, 0.3) is 0 Å². The van der Waals surface area contributed by atoms with Gasteiger partial charge in [0.05, 0.1) is 11.5 Å². The molecule has 0 spiro atoms. The fraction of sp³-hybridized carbons (Fsp3) is 0.588. The van der Waals surface area contributed by atoms with E-state index in [9.17, 15) is 15.0 Å². The molecule has 0 amide bonds. The van der Waals surface area contributed by atoms with Crippen LogP contribution in [0.5, 0.6) is 0 Å². The van der Waals surface area contributed by atoms with Gasteiger partial charge >= 0.3 is 5.97 Å². The molecule has 0 aliphatic carbocycles. The molecule has 2 atom stereocenters. The molecule has 2 rings (SSSR count). The van der Waals surface area contributed by atoms with E-state index in [-0.39, 0.29) is 0 Å². The predicted octanol–water partition coefficient (Wildman–Crippen LogP) is 2.17. The van der Waals surface area contributed by atoms with Crippen LogP contribution in [0.4, 0.5) is 0 Å². The molecule has 1 fully saturated rings. The Morgan fingerprint density at radius 1 is 1.38 bits per heavy atom. The molecule has 1 saturated heterocycles. The molecule has 0 saturated carbocycles. The van der Waals surface area contributed by atoms with Gasteiger partial charge in [0.1, 0.15) is 0 Å². The van der Waals surface area contributed by atoms with Crippen molar-refractivity contribution in [2.75, 3.05) is 19.6 Å². The number of carbonyl (C=O) groups is 1. The highest BCUT2D eigenvalue weighted by Gasteiger charge is 2.47. The van der Waals surface area contributed by atoms with Gasteiger partial charge < -0.3 is 15.1 Å². The number of aliphatic hydroxyl groups is 1. The van der Waals surface area contributed by atoms with Crippen LogP contribution in [-0.4, -0.2) is 46.8 Å². The van der Waals surface area contributed by atoms with Crippen molar-refractivity contribution >= 4 is 5.97 Å². The minimum atomic E-state index is -0.946. The minimum absolute atomic E-state index is 0.457. The second-order valence-corrected chi connectivity index (χ2v) is 6.01. The van der Waals surface area contributed by atoms with Gasteiger partial charge in [-0.3, -0.25) is 4.79 Å². The lowest BCUT2D eigenvalue weighted by Crippen LogP contribution is -2.55. The lowest BCUT2D eigenvalue weighted by Gasteiger charge is -2.42. The van der Waals surface area contributed by atoms with Crippen molar-refractivity contribution in [3.05, 3.63) is 35.9 Å². The molecule has 1 aromatic carbocycles. The minimum Gasteiger partial charge on any atom is -0.481 e. The zero-order valence-corrected chi connectivity index (χ0v) is 12.7. The van der Waals surface area contributed by atoms with Crippen molar-refractivity contribution in [3.8, 4) is 0 Å². The van der Waals surface area contributed by atoms with Gasteiger partial charge in [0.2, 0.25) is 0 Å². The van der Waals surface area contributed by atoms with Gasteiger partial charge in [-0.15, -0.1) is 0 Å². The molecule has 1 aliphatic heterocycles. The first-order chi connectivity index (χ1) is 10.1. The maximum Gasteiger partial charge on any atom is 0.312 e. The Morgan fingerprint density at radius 2 is 2.10 bits per heavy atom. The van der Waals surface area contributed by atoms with E-state index in [0.717, 1.165) is 25.9 Å². The molecule has 0 radical (unpaired) electrons. The van der Waals surface area contributed by atoms with E-state index in [1.165, 1.54) is 5.56 Å². The van der Waals surface area contributed by atoms with Gasteiger partial charge in [-0.1, -0.05) is 43.7 Å². The van der Waals surface area contributed by atoms with Gasteiger partial charge in [-0.2, -0.15) is 0 Å². The number of rotatable bonds is 6. The zero-order chi connectivity index (χ0) is 15.3. The summed E-state index contributed by atoms with van der Waals surface area (Å²) >= 11 is 0. The van der Waals surface area contributed by atoms with Crippen LogP contribution < -0.4 is 0 Å². The maximum atomic E-state index is 11.6. The van der Waals surface area contributed by atoms with E-state index >= 15 is 0 Å². The van der Waals surface area contributed by atoms with Crippen molar-refractivity contribution in [1.82, 2.24) is 4.90 Å². The van der Waals surface area contributed by atoms with Crippen molar-refractivity contribution in [1.29, 1.82) is 0 Å². The molecular formula is C17H25NO3. The van der Waals surface area contributed by atoms with Gasteiger partial charge in [0, 0.05) is 13.1 Å². The molecule has 1 aliphatic rings. The largest absolute Gasteiger partial charge is 0.481 e. The molecule has 1 aromatic rings. The van der Waals surface area contributed by atoms with Crippen LogP contribution in [0.3, 0.4) is 0 Å². The van der Waals surface area contributed by atoms with Crippen LogP contribution in [0.1, 0.15) is 31.7 Å². The van der Waals surface area contributed by atoms with Gasteiger partial charge in [-0.05, 0) is 31.4 Å². The standard InChI is InChI=1S/C17H25NO3/c1-2-9-17(16(20)21)10-12-18(13-15(17)19)11-8-14-6-4-3-5-7-14/h3-7,15,19H,2,8-13H2,1H3,(H,20,21)/t15-,17-/m0/s1. The highest BCUT2D eigenvalue weighted by molar-refractivity contribution is 5.75. The molecule has 21 heavy (non-hydrogen) atoms. The van der Waals surface area contributed by atoms with Crippen LogP contribution in [0.25, 0.3) is 0 Å². The Hall–Kier alpha value is -1.39. The van der Waals surface area contributed by atoms with E-state index in [2.05, 4.69) is 17.0 Å². The summed E-state index contributed by atoms with van der Waals surface area (Å²) in [6, 6.07) is 10.2. The molecule has 4 nitrogen and oxygen atoms in total. The smallest absolute Gasteiger partial charge is 0.312 e. The highest BCUT2D eigenvalue weighted by atomic mass is 16.4. The fourth-order valence-corrected chi connectivity index (χ4v) is 3.26.